The van der Waals surface area contributed by atoms with Crippen LogP contribution in [0.3, 0.4) is 0 Å². The van der Waals surface area contributed by atoms with Crippen molar-refractivity contribution in [3.05, 3.63) is 34.9 Å². The Labute approximate surface area is 125 Å². The number of carbonyl (C=O) groups is 3. The third-order valence-corrected chi connectivity index (χ3v) is 2.73. The number of carboxylic acid groups (broad SMARTS) is 1. The number of carboxylic acids is 1. The molecule has 21 heavy (non-hydrogen) atoms. The second-order valence-corrected chi connectivity index (χ2v) is 4.58. The van der Waals surface area contributed by atoms with Crippen LogP contribution in [0.25, 0.3) is 6.08 Å². The molecule has 0 fully saturated rings. The van der Waals surface area contributed by atoms with Crippen molar-refractivity contribution in [3.8, 4) is 0 Å². The van der Waals surface area contributed by atoms with Crippen LogP contribution >= 0.6 is 11.6 Å². The van der Waals surface area contributed by atoms with Gasteiger partial charge in [0.2, 0.25) is 11.8 Å². The molecular formula is C13H14ClN3O4. The third-order valence-electron chi connectivity index (χ3n) is 2.42. The minimum Gasteiger partial charge on any atom is -0.478 e. The number of hydrogen-bond donors (Lipinski definition) is 3. The van der Waals surface area contributed by atoms with Gasteiger partial charge in [-0.25, -0.2) is 4.79 Å². The van der Waals surface area contributed by atoms with Crippen LogP contribution in [0.1, 0.15) is 5.56 Å². The summed E-state index contributed by atoms with van der Waals surface area (Å²) in [6.07, 6.45) is 2.33. The van der Waals surface area contributed by atoms with Crippen molar-refractivity contribution in [2.75, 3.05) is 18.0 Å². The van der Waals surface area contributed by atoms with Crippen LogP contribution < -0.4 is 16.4 Å². The Hall–Kier alpha value is -2.54. The maximum absolute atomic E-state index is 11.0. The molecule has 0 heterocycles. The number of anilines is 1. The van der Waals surface area contributed by atoms with E-state index in [2.05, 4.69) is 0 Å². The number of nitrogens with two attached hydrogens (primary N) is 2. The number of amides is 2. The van der Waals surface area contributed by atoms with Gasteiger partial charge in [0.1, 0.15) is 0 Å². The number of primary amides is 2. The molecule has 0 atom stereocenters. The molecule has 0 bridgehead atoms. The number of halogens is 1. The molecule has 2 amide bonds. The standard InChI is InChI=1S/C13H14ClN3O4/c14-9-5-8(2-4-13(20)21)1-3-10(9)17(6-11(15)18)7-12(16)19/h1-5H,6-7H2,(H2,15,18)(H2,16,19)(H,20,21)/b4-2+. The summed E-state index contributed by atoms with van der Waals surface area (Å²) in [5.74, 6) is -2.36. The summed E-state index contributed by atoms with van der Waals surface area (Å²) in [6, 6.07) is 4.65. The molecule has 0 aromatic heterocycles. The number of rotatable bonds is 7. The highest BCUT2D eigenvalue weighted by atomic mass is 35.5. The van der Waals surface area contributed by atoms with Crippen molar-refractivity contribution in [2.24, 2.45) is 11.5 Å². The van der Waals surface area contributed by atoms with Gasteiger partial charge in [-0.05, 0) is 23.8 Å². The lowest BCUT2D eigenvalue weighted by Crippen LogP contribution is -2.39. The molecule has 112 valence electrons. The normalized spacial score (nSPS) is 10.5. The molecule has 0 spiro atoms. The zero-order valence-corrected chi connectivity index (χ0v) is 11.7. The lowest BCUT2D eigenvalue weighted by Gasteiger charge is -2.23. The number of aliphatic carboxylic acids is 1. The van der Waals surface area contributed by atoms with Gasteiger partial charge in [-0.15, -0.1) is 0 Å². The molecule has 5 N–H and O–H groups in total. The monoisotopic (exact) mass is 311 g/mol. The summed E-state index contributed by atoms with van der Waals surface area (Å²) >= 11 is 6.08. The van der Waals surface area contributed by atoms with Gasteiger partial charge in [-0.3, -0.25) is 9.59 Å². The van der Waals surface area contributed by atoms with E-state index in [-0.39, 0.29) is 18.1 Å². The van der Waals surface area contributed by atoms with E-state index in [4.69, 9.17) is 28.2 Å². The van der Waals surface area contributed by atoms with Crippen LogP contribution in [0.5, 0.6) is 0 Å². The van der Waals surface area contributed by atoms with Gasteiger partial charge in [0, 0.05) is 6.08 Å². The molecular weight excluding hydrogens is 298 g/mol. The van der Waals surface area contributed by atoms with E-state index in [1.807, 2.05) is 0 Å². The quantitative estimate of drug-likeness (QED) is 0.621. The average molecular weight is 312 g/mol. The van der Waals surface area contributed by atoms with Crippen LogP contribution in [0, 0.1) is 0 Å². The van der Waals surface area contributed by atoms with E-state index < -0.39 is 17.8 Å². The molecule has 0 aliphatic carbocycles. The van der Waals surface area contributed by atoms with Gasteiger partial charge < -0.3 is 21.5 Å². The molecule has 8 heteroatoms. The van der Waals surface area contributed by atoms with Crippen LogP contribution in [0.2, 0.25) is 5.02 Å². The Bertz CT molecular complexity index is 585. The largest absolute Gasteiger partial charge is 0.478 e. The van der Waals surface area contributed by atoms with Crippen LogP contribution in [-0.4, -0.2) is 36.0 Å². The minimum absolute atomic E-state index is 0.215. The van der Waals surface area contributed by atoms with E-state index >= 15 is 0 Å². The van der Waals surface area contributed by atoms with Crippen LogP contribution in [0.4, 0.5) is 5.69 Å². The predicted octanol–water partition coefficient (Wildman–Crippen LogP) is 0.215. The van der Waals surface area contributed by atoms with E-state index in [9.17, 15) is 14.4 Å². The van der Waals surface area contributed by atoms with Gasteiger partial charge >= 0.3 is 5.97 Å². The first-order chi connectivity index (χ1) is 9.79. The summed E-state index contributed by atoms with van der Waals surface area (Å²) in [7, 11) is 0. The molecule has 0 unspecified atom stereocenters. The third kappa shape index (κ3) is 5.53. The van der Waals surface area contributed by atoms with Crippen molar-refractivity contribution in [3.63, 3.8) is 0 Å². The Morgan fingerprint density at radius 1 is 1.19 bits per heavy atom. The first kappa shape index (κ1) is 16.5. The maximum atomic E-state index is 11.0. The molecule has 0 saturated carbocycles. The van der Waals surface area contributed by atoms with Crippen molar-refractivity contribution < 1.29 is 19.5 Å². The topological polar surface area (TPSA) is 127 Å². The molecule has 1 rings (SSSR count). The Balaban J connectivity index is 3.06. The Morgan fingerprint density at radius 3 is 2.19 bits per heavy atom. The predicted molar refractivity (Wildman–Crippen MR) is 78.7 cm³/mol. The SMILES string of the molecule is NC(=O)CN(CC(N)=O)c1ccc(/C=C/C(=O)O)cc1Cl. The van der Waals surface area contributed by atoms with Crippen molar-refractivity contribution in [1.82, 2.24) is 0 Å². The number of carbonyl (C=O) groups excluding carboxylic acids is 2. The number of hydrogen-bond acceptors (Lipinski definition) is 4. The highest BCUT2D eigenvalue weighted by Gasteiger charge is 2.15. The second kappa shape index (κ2) is 7.30. The molecule has 1 aromatic carbocycles. The van der Waals surface area contributed by atoms with Crippen LogP contribution in [-0.2, 0) is 14.4 Å². The zero-order chi connectivity index (χ0) is 16.0. The van der Waals surface area contributed by atoms with Gasteiger partial charge in [-0.2, -0.15) is 0 Å². The first-order valence-corrected chi connectivity index (χ1v) is 6.19. The maximum Gasteiger partial charge on any atom is 0.328 e. The summed E-state index contributed by atoms with van der Waals surface area (Å²) in [5.41, 5.74) is 11.2. The van der Waals surface area contributed by atoms with Crippen molar-refractivity contribution in [1.29, 1.82) is 0 Å². The van der Waals surface area contributed by atoms with Gasteiger partial charge in [0.05, 0.1) is 23.8 Å². The van der Waals surface area contributed by atoms with Crippen LogP contribution in [0.15, 0.2) is 24.3 Å². The average Bonchev–Trinajstić information content (AvgIpc) is 2.34. The Kier molecular flexibility index (Phi) is 5.74. The Morgan fingerprint density at radius 2 is 1.76 bits per heavy atom. The summed E-state index contributed by atoms with van der Waals surface area (Å²) < 4.78 is 0. The molecule has 0 saturated heterocycles. The zero-order valence-electron chi connectivity index (χ0n) is 11.0. The lowest BCUT2D eigenvalue weighted by molar-refractivity contribution is -0.131. The highest BCUT2D eigenvalue weighted by Crippen LogP contribution is 2.27. The molecule has 0 aliphatic heterocycles. The first-order valence-electron chi connectivity index (χ1n) is 5.81. The van der Waals surface area contributed by atoms with E-state index in [0.717, 1.165) is 6.08 Å². The van der Waals surface area contributed by atoms with Gasteiger partial charge in [0.25, 0.3) is 0 Å². The number of nitrogens with zero attached hydrogens (tertiary/aromatic N) is 1. The smallest absolute Gasteiger partial charge is 0.328 e. The number of benzene rings is 1. The lowest BCUT2D eigenvalue weighted by atomic mass is 10.1. The van der Waals surface area contributed by atoms with E-state index in [1.165, 1.54) is 17.0 Å². The van der Waals surface area contributed by atoms with Crippen molar-refractivity contribution in [2.45, 2.75) is 0 Å². The van der Waals surface area contributed by atoms with E-state index in [0.29, 0.717) is 11.3 Å². The minimum atomic E-state index is -1.08. The fourth-order valence-electron chi connectivity index (χ4n) is 1.65. The molecule has 1 aromatic rings. The highest BCUT2D eigenvalue weighted by molar-refractivity contribution is 6.33. The molecule has 0 radical (unpaired) electrons. The van der Waals surface area contributed by atoms with Crippen molar-refractivity contribution >= 4 is 41.1 Å². The fraction of sp³-hybridized carbons (Fsp3) is 0.154. The fourth-order valence-corrected chi connectivity index (χ4v) is 1.96. The van der Waals surface area contributed by atoms with E-state index in [1.54, 1.807) is 12.1 Å². The second-order valence-electron chi connectivity index (χ2n) is 4.17. The summed E-state index contributed by atoms with van der Waals surface area (Å²) in [6.45, 7) is -0.431. The summed E-state index contributed by atoms with van der Waals surface area (Å²) in [4.78, 5) is 33.8. The molecule has 7 nitrogen and oxygen atoms in total. The van der Waals surface area contributed by atoms with Gasteiger partial charge in [-0.1, -0.05) is 17.7 Å². The molecule has 0 aliphatic rings. The van der Waals surface area contributed by atoms with Gasteiger partial charge in [0.15, 0.2) is 0 Å². The summed E-state index contributed by atoms with van der Waals surface area (Å²) in [5, 5.41) is 8.80.